The number of carbonyl (C=O) groups is 1. The summed E-state index contributed by atoms with van der Waals surface area (Å²) in [7, 11) is 1.54. The van der Waals surface area contributed by atoms with Crippen LogP contribution < -0.4 is 9.47 Å². The van der Waals surface area contributed by atoms with Gasteiger partial charge in [0.15, 0.2) is 23.2 Å². The fraction of sp³-hybridized carbons (Fsp3) is 0.136. The number of nitrogens with zero attached hydrogens (tertiary/aromatic N) is 2. The minimum Gasteiger partial charge on any atom is -0.493 e. The van der Waals surface area contributed by atoms with Crippen LogP contribution in [0.5, 0.6) is 11.5 Å². The van der Waals surface area contributed by atoms with E-state index in [9.17, 15) is 4.79 Å². The van der Waals surface area contributed by atoms with E-state index in [-0.39, 0.29) is 11.4 Å². The van der Waals surface area contributed by atoms with Crippen molar-refractivity contribution in [3.63, 3.8) is 0 Å². The fourth-order valence-corrected chi connectivity index (χ4v) is 3.13. The fourth-order valence-electron chi connectivity index (χ4n) is 3.00. The minimum absolute atomic E-state index is 0.0693. The molecule has 30 heavy (non-hydrogen) atoms. The molecule has 2 aliphatic rings. The van der Waals surface area contributed by atoms with E-state index in [4.69, 9.17) is 31.3 Å². The molecule has 8 heteroatoms. The molecule has 7 nitrogen and oxygen atoms in total. The molecule has 0 radical (unpaired) electrons. The third-order valence-corrected chi connectivity index (χ3v) is 4.74. The molecule has 152 valence electrons. The van der Waals surface area contributed by atoms with Crippen LogP contribution in [0.25, 0.3) is 6.08 Å². The Morgan fingerprint density at radius 1 is 1.20 bits per heavy atom. The van der Waals surface area contributed by atoms with Crippen LogP contribution in [0.2, 0.25) is 5.02 Å². The van der Waals surface area contributed by atoms with Crippen LogP contribution in [0.1, 0.15) is 18.1 Å². The number of hydroxylamine groups is 2. The van der Waals surface area contributed by atoms with Gasteiger partial charge in [-0.15, -0.1) is 5.06 Å². The van der Waals surface area contributed by atoms with Crippen molar-refractivity contribution < 1.29 is 19.1 Å². The lowest BCUT2D eigenvalue weighted by Crippen LogP contribution is -2.38. The number of carbonyl (C=O) groups excluding carboxylic acids is 1. The molecule has 2 aromatic carbocycles. The number of benzene rings is 2. The summed E-state index contributed by atoms with van der Waals surface area (Å²) in [6.07, 6.45) is 3.19. The Labute approximate surface area is 178 Å². The zero-order chi connectivity index (χ0) is 21.3. The predicted molar refractivity (Wildman–Crippen MR) is 114 cm³/mol. The minimum atomic E-state index is -0.497. The summed E-state index contributed by atoms with van der Waals surface area (Å²) in [5, 5.41) is 10.2. The van der Waals surface area contributed by atoms with E-state index >= 15 is 0 Å². The molecule has 0 bridgehead atoms. The lowest BCUT2D eigenvalue weighted by molar-refractivity contribution is -0.114. The second kappa shape index (κ2) is 8.04. The van der Waals surface area contributed by atoms with Gasteiger partial charge in [-0.2, -0.15) is 4.99 Å². The Balaban J connectivity index is 1.55. The van der Waals surface area contributed by atoms with E-state index in [1.54, 1.807) is 49.4 Å². The normalized spacial score (nSPS) is 16.8. The topological polar surface area (TPSA) is 84.2 Å². The second-order valence-corrected chi connectivity index (χ2v) is 7.08. The van der Waals surface area contributed by atoms with E-state index in [1.165, 1.54) is 12.2 Å². The van der Waals surface area contributed by atoms with E-state index in [0.717, 1.165) is 5.56 Å². The molecule has 0 spiro atoms. The third-order valence-electron chi connectivity index (χ3n) is 4.49. The highest BCUT2D eigenvalue weighted by atomic mass is 35.5. The molecule has 0 aliphatic carbocycles. The highest BCUT2D eigenvalue weighted by Crippen LogP contribution is 2.31. The Bertz CT molecular complexity index is 1120. The Morgan fingerprint density at radius 3 is 2.70 bits per heavy atom. The summed E-state index contributed by atoms with van der Waals surface area (Å²) in [5.41, 5.74) is 1.76. The number of rotatable bonds is 5. The van der Waals surface area contributed by atoms with E-state index in [2.05, 4.69) is 4.99 Å². The van der Waals surface area contributed by atoms with Crippen LogP contribution in [0, 0.1) is 5.41 Å². The number of hydrogen-bond donors (Lipinski definition) is 1. The first-order chi connectivity index (χ1) is 14.4. The number of amidine groups is 2. The average molecular weight is 424 g/mol. The van der Waals surface area contributed by atoms with Crippen molar-refractivity contribution >= 4 is 35.3 Å². The first kappa shape index (κ1) is 19.7. The molecule has 2 aromatic rings. The van der Waals surface area contributed by atoms with Gasteiger partial charge in [-0.3, -0.25) is 10.2 Å². The van der Waals surface area contributed by atoms with Gasteiger partial charge in [-0.05, 0) is 48.4 Å². The van der Waals surface area contributed by atoms with Gasteiger partial charge < -0.3 is 14.3 Å². The molecule has 0 fully saturated rings. The lowest BCUT2D eigenvalue weighted by atomic mass is 10.1. The molecule has 2 heterocycles. The Kier molecular flexibility index (Phi) is 5.29. The van der Waals surface area contributed by atoms with Crippen LogP contribution >= 0.6 is 11.6 Å². The largest absolute Gasteiger partial charge is 0.493 e. The van der Waals surface area contributed by atoms with Gasteiger partial charge in [0, 0.05) is 11.1 Å². The lowest BCUT2D eigenvalue weighted by Gasteiger charge is -2.23. The molecule has 0 unspecified atom stereocenters. The van der Waals surface area contributed by atoms with E-state index in [0.29, 0.717) is 40.3 Å². The SMILES string of the molecule is COc1cc(/C=C2\C(=N)N3OC(C)=CC3=NC2=O)ccc1OCc1ccc(Cl)cc1. The highest BCUT2D eigenvalue weighted by molar-refractivity contribution is 6.32. The molecule has 0 saturated carbocycles. The van der Waals surface area contributed by atoms with Crippen molar-refractivity contribution in [2.45, 2.75) is 13.5 Å². The maximum atomic E-state index is 12.4. The van der Waals surface area contributed by atoms with Crippen LogP contribution in [0.15, 0.2) is 64.9 Å². The summed E-state index contributed by atoms with van der Waals surface area (Å²) in [6.45, 7) is 2.09. The van der Waals surface area contributed by atoms with Gasteiger partial charge in [-0.25, -0.2) is 0 Å². The zero-order valence-corrected chi connectivity index (χ0v) is 17.1. The van der Waals surface area contributed by atoms with Crippen molar-refractivity contribution in [1.82, 2.24) is 5.06 Å². The Hall–Kier alpha value is -3.58. The van der Waals surface area contributed by atoms with Crippen LogP contribution in [0.4, 0.5) is 0 Å². The first-order valence-corrected chi connectivity index (χ1v) is 9.48. The number of methoxy groups -OCH3 is 1. The van der Waals surface area contributed by atoms with Gasteiger partial charge in [0.25, 0.3) is 5.91 Å². The second-order valence-electron chi connectivity index (χ2n) is 6.65. The van der Waals surface area contributed by atoms with Crippen LogP contribution in [-0.4, -0.2) is 29.8 Å². The van der Waals surface area contributed by atoms with Gasteiger partial charge in [0.1, 0.15) is 12.4 Å². The van der Waals surface area contributed by atoms with Crippen molar-refractivity contribution in [2.75, 3.05) is 7.11 Å². The smallest absolute Gasteiger partial charge is 0.282 e. The molecular weight excluding hydrogens is 406 g/mol. The first-order valence-electron chi connectivity index (χ1n) is 9.10. The zero-order valence-electron chi connectivity index (χ0n) is 16.3. The third kappa shape index (κ3) is 3.92. The Morgan fingerprint density at radius 2 is 1.97 bits per heavy atom. The maximum Gasteiger partial charge on any atom is 0.282 e. The molecule has 0 saturated heterocycles. The quantitative estimate of drug-likeness (QED) is 0.721. The molecule has 0 aromatic heterocycles. The number of ether oxygens (including phenoxy) is 2. The van der Waals surface area contributed by atoms with E-state index in [1.807, 2.05) is 12.1 Å². The van der Waals surface area contributed by atoms with Gasteiger partial charge in [0.05, 0.1) is 12.7 Å². The molecule has 4 rings (SSSR count). The van der Waals surface area contributed by atoms with Crippen molar-refractivity contribution in [2.24, 2.45) is 4.99 Å². The number of allylic oxidation sites excluding steroid dienone is 1. The monoisotopic (exact) mass is 423 g/mol. The maximum absolute atomic E-state index is 12.4. The van der Waals surface area contributed by atoms with Crippen molar-refractivity contribution in [1.29, 1.82) is 5.41 Å². The number of halogens is 1. The van der Waals surface area contributed by atoms with Crippen molar-refractivity contribution in [3.8, 4) is 11.5 Å². The van der Waals surface area contributed by atoms with Gasteiger partial charge in [-0.1, -0.05) is 29.8 Å². The highest BCUT2D eigenvalue weighted by Gasteiger charge is 2.34. The number of nitrogens with one attached hydrogen (secondary N) is 1. The van der Waals surface area contributed by atoms with Crippen LogP contribution in [0.3, 0.4) is 0 Å². The molecule has 2 aliphatic heterocycles. The summed E-state index contributed by atoms with van der Waals surface area (Å²) in [6, 6.07) is 12.7. The summed E-state index contributed by atoms with van der Waals surface area (Å²) in [5.74, 6) is 1.37. The standard InChI is InChI=1S/C22H18ClN3O4/c1-13-9-20-25-22(27)17(21(24)26(20)30-13)10-15-5-8-18(19(11-15)28-2)29-12-14-3-6-16(23)7-4-14/h3-11,24H,12H2,1-2H3/b17-10+,24-21?. The van der Waals surface area contributed by atoms with Crippen molar-refractivity contribution in [3.05, 3.63) is 76.0 Å². The molecular formula is C22H18ClN3O4. The number of fused-ring (bicyclic) bond motifs is 1. The number of amides is 1. The number of aliphatic imine (C=N–C) groups is 1. The summed E-state index contributed by atoms with van der Waals surface area (Å²) in [4.78, 5) is 21.8. The molecule has 1 amide bonds. The van der Waals surface area contributed by atoms with E-state index < -0.39 is 5.91 Å². The van der Waals surface area contributed by atoms with Gasteiger partial charge >= 0.3 is 0 Å². The molecule has 1 N–H and O–H groups in total. The molecule has 0 atom stereocenters. The predicted octanol–water partition coefficient (Wildman–Crippen LogP) is 4.38. The number of hydrogen-bond acceptors (Lipinski definition) is 5. The summed E-state index contributed by atoms with van der Waals surface area (Å²) >= 11 is 5.90. The summed E-state index contributed by atoms with van der Waals surface area (Å²) < 4.78 is 11.3. The van der Waals surface area contributed by atoms with Crippen LogP contribution in [-0.2, 0) is 16.2 Å². The average Bonchev–Trinajstić information content (AvgIpc) is 3.11. The van der Waals surface area contributed by atoms with Gasteiger partial charge in [0.2, 0.25) is 0 Å².